The molecule has 4 rings (SSSR count). The van der Waals surface area contributed by atoms with E-state index < -0.39 is 5.92 Å². The van der Waals surface area contributed by atoms with E-state index >= 15 is 0 Å². The summed E-state index contributed by atoms with van der Waals surface area (Å²) in [7, 11) is 1.68. The third-order valence-corrected chi connectivity index (χ3v) is 5.20. The number of pyridine rings is 3. The molecular weight excluding hydrogens is 428 g/mol. The van der Waals surface area contributed by atoms with Gasteiger partial charge in [0.2, 0.25) is 5.88 Å². The molecular formula is C25H26N8O. The number of hydrogen-bond acceptors (Lipinski definition) is 9. The number of nitrogens with one attached hydrogen (secondary N) is 2. The van der Waals surface area contributed by atoms with Gasteiger partial charge in [-0.05, 0) is 47.4 Å². The quantitative estimate of drug-likeness (QED) is 0.355. The monoisotopic (exact) mass is 454 g/mol. The topological polar surface area (TPSA) is 122 Å². The highest BCUT2D eigenvalue weighted by molar-refractivity contribution is 6.03. The van der Waals surface area contributed by atoms with Crippen molar-refractivity contribution in [1.82, 2.24) is 25.1 Å². The lowest BCUT2D eigenvalue weighted by Gasteiger charge is -2.15. The fraction of sp³-hybridized carbons (Fsp3) is 0.240. The number of ether oxygens (including phenoxy) is 1. The van der Waals surface area contributed by atoms with Crippen molar-refractivity contribution in [2.24, 2.45) is 4.99 Å². The summed E-state index contributed by atoms with van der Waals surface area (Å²) in [6.07, 6.45) is 6.87. The van der Waals surface area contributed by atoms with Crippen molar-refractivity contribution in [3.05, 3.63) is 72.2 Å². The van der Waals surface area contributed by atoms with Crippen LogP contribution in [-0.2, 0) is 0 Å². The Morgan fingerprint density at radius 3 is 2.71 bits per heavy atom. The fourth-order valence-electron chi connectivity index (χ4n) is 3.35. The molecule has 0 aliphatic heterocycles. The standard InChI is InChI=1S/C25H26N8O/c1-16(2)17-11-24(33-30-13-17)32-23-8-7-21-22(31-23)10-18(12-29-21)19(14-27-3)20(26)15-34-25-6-4-5-9-28-25/h4-14,16,19,26H,15H2,1-3H3,(H,31,32,33). The van der Waals surface area contributed by atoms with Crippen molar-refractivity contribution in [3.63, 3.8) is 0 Å². The second-order valence-electron chi connectivity index (χ2n) is 8.02. The summed E-state index contributed by atoms with van der Waals surface area (Å²) < 4.78 is 5.66. The lowest BCUT2D eigenvalue weighted by Crippen LogP contribution is -2.21. The van der Waals surface area contributed by atoms with Gasteiger partial charge in [0.25, 0.3) is 0 Å². The van der Waals surface area contributed by atoms with Crippen molar-refractivity contribution < 1.29 is 4.74 Å². The summed E-state index contributed by atoms with van der Waals surface area (Å²) in [6, 6.07) is 13.0. The van der Waals surface area contributed by atoms with Gasteiger partial charge in [0.1, 0.15) is 12.4 Å². The van der Waals surface area contributed by atoms with E-state index in [1.807, 2.05) is 36.4 Å². The largest absolute Gasteiger partial charge is 0.471 e. The molecule has 1 unspecified atom stereocenters. The Morgan fingerprint density at radius 2 is 1.94 bits per heavy atom. The summed E-state index contributed by atoms with van der Waals surface area (Å²) >= 11 is 0. The lowest BCUT2D eigenvalue weighted by atomic mass is 9.96. The molecule has 4 heterocycles. The average molecular weight is 455 g/mol. The molecule has 172 valence electrons. The Kier molecular flexibility index (Phi) is 7.12. The van der Waals surface area contributed by atoms with Crippen molar-refractivity contribution in [1.29, 1.82) is 5.41 Å². The smallest absolute Gasteiger partial charge is 0.213 e. The maximum absolute atomic E-state index is 8.57. The van der Waals surface area contributed by atoms with Gasteiger partial charge in [0, 0.05) is 31.7 Å². The van der Waals surface area contributed by atoms with E-state index in [1.54, 1.807) is 37.9 Å². The Labute approximate surface area is 197 Å². The van der Waals surface area contributed by atoms with Gasteiger partial charge in [0.05, 0.1) is 28.9 Å². The first-order valence-corrected chi connectivity index (χ1v) is 10.9. The van der Waals surface area contributed by atoms with Gasteiger partial charge in [-0.15, -0.1) is 5.10 Å². The average Bonchev–Trinajstić information content (AvgIpc) is 2.86. The van der Waals surface area contributed by atoms with Crippen LogP contribution < -0.4 is 10.1 Å². The van der Waals surface area contributed by atoms with E-state index in [0.29, 0.717) is 34.7 Å². The van der Waals surface area contributed by atoms with E-state index in [-0.39, 0.29) is 6.61 Å². The molecule has 0 fully saturated rings. The molecule has 0 aliphatic carbocycles. The molecule has 0 saturated carbocycles. The first-order chi connectivity index (χ1) is 16.5. The number of rotatable bonds is 9. The summed E-state index contributed by atoms with van der Waals surface area (Å²) in [5.41, 5.74) is 3.69. The van der Waals surface area contributed by atoms with Crippen LogP contribution >= 0.6 is 0 Å². The molecule has 34 heavy (non-hydrogen) atoms. The van der Waals surface area contributed by atoms with Crippen molar-refractivity contribution in [2.45, 2.75) is 25.7 Å². The van der Waals surface area contributed by atoms with E-state index in [2.05, 4.69) is 44.3 Å². The van der Waals surface area contributed by atoms with Crippen LogP contribution in [0.2, 0.25) is 0 Å². The van der Waals surface area contributed by atoms with Gasteiger partial charge in [-0.25, -0.2) is 9.97 Å². The molecule has 0 bridgehead atoms. The Balaban J connectivity index is 1.56. The van der Waals surface area contributed by atoms with Crippen LogP contribution in [0, 0.1) is 5.41 Å². The summed E-state index contributed by atoms with van der Waals surface area (Å²) in [5, 5.41) is 20.0. The number of fused-ring (bicyclic) bond motifs is 1. The molecule has 4 aromatic heterocycles. The second-order valence-corrected chi connectivity index (χ2v) is 8.02. The zero-order valence-electron chi connectivity index (χ0n) is 19.3. The van der Waals surface area contributed by atoms with E-state index in [9.17, 15) is 0 Å². The van der Waals surface area contributed by atoms with Crippen LogP contribution in [-0.4, -0.2) is 50.7 Å². The van der Waals surface area contributed by atoms with Gasteiger partial charge in [-0.1, -0.05) is 19.9 Å². The van der Waals surface area contributed by atoms with Gasteiger partial charge in [0.15, 0.2) is 5.82 Å². The number of nitrogens with zero attached hydrogens (tertiary/aromatic N) is 6. The molecule has 4 aromatic rings. The summed E-state index contributed by atoms with van der Waals surface area (Å²) in [4.78, 5) is 17.5. The van der Waals surface area contributed by atoms with Crippen molar-refractivity contribution >= 4 is 34.6 Å². The number of hydrogen-bond donors (Lipinski definition) is 2. The van der Waals surface area contributed by atoms with Crippen molar-refractivity contribution in [3.8, 4) is 5.88 Å². The van der Waals surface area contributed by atoms with Gasteiger partial charge in [-0.3, -0.25) is 9.98 Å². The Hall–Kier alpha value is -4.27. The van der Waals surface area contributed by atoms with Crippen LogP contribution in [0.4, 0.5) is 11.6 Å². The van der Waals surface area contributed by atoms with Crippen LogP contribution in [0.1, 0.15) is 36.8 Å². The van der Waals surface area contributed by atoms with Gasteiger partial charge >= 0.3 is 0 Å². The molecule has 2 N–H and O–H groups in total. The normalized spacial score (nSPS) is 12.2. The highest BCUT2D eigenvalue weighted by Crippen LogP contribution is 2.23. The molecule has 0 spiro atoms. The van der Waals surface area contributed by atoms with E-state index in [1.165, 1.54) is 0 Å². The minimum absolute atomic E-state index is 0.0889. The third-order valence-electron chi connectivity index (χ3n) is 5.20. The highest BCUT2D eigenvalue weighted by atomic mass is 16.5. The van der Waals surface area contributed by atoms with Gasteiger partial charge in [-0.2, -0.15) is 5.10 Å². The zero-order chi connectivity index (χ0) is 23.9. The fourth-order valence-corrected chi connectivity index (χ4v) is 3.35. The van der Waals surface area contributed by atoms with Crippen molar-refractivity contribution in [2.75, 3.05) is 19.0 Å². The summed E-state index contributed by atoms with van der Waals surface area (Å²) in [6.45, 7) is 4.31. The molecule has 9 heteroatoms. The first-order valence-electron chi connectivity index (χ1n) is 10.9. The first kappa shape index (κ1) is 22.9. The van der Waals surface area contributed by atoms with Crippen LogP contribution in [0.3, 0.4) is 0 Å². The van der Waals surface area contributed by atoms with Crippen LogP contribution in [0.5, 0.6) is 5.88 Å². The summed E-state index contributed by atoms with van der Waals surface area (Å²) in [5.74, 6) is 1.69. The Bertz CT molecular complexity index is 1310. The molecule has 9 nitrogen and oxygen atoms in total. The van der Waals surface area contributed by atoms with E-state index in [4.69, 9.17) is 15.1 Å². The minimum Gasteiger partial charge on any atom is -0.471 e. The van der Waals surface area contributed by atoms with Gasteiger partial charge < -0.3 is 15.5 Å². The molecule has 0 amide bonds. The molecule has 0 radical (unpaired) electrons. The second kappa shape index (κ2) is 10.6. The minimum atomic E-state index is -0.391. The molecule has 0 aromatic carbocycles. The van der Waals surface area contributed by atoms with Crippen LogP contribution in [0.15, 0.2) is 66.0 Å². The zero-order valence-corrected chi connectivity index (χ0v) is 19.3. The van der Waals surface area contributed by atoms with E-state index in [0.717, 1.165) is 16.6 Å². The van der Waals surface area contributed by atoms with Crippen LogP contribution in [0.25, 0.3) is 11.0 Å². The highest BCUT2D eigenvalue weighted by Gasteiger charge is 2.17. The number of aliphatic imine (C=N–C) groups is 1. The number of aromatic nitrogens is 5. The number of anilines is 2. The predicted molar refractivity (Wildman–Crippen MR) is 134 cm³/mol. The molecule has 0 saturated heterocycles. The molecule has 0 aliphatic rings. The maximum Gasteiger partial charge on any atom is 0.213 e. The lowest BCUT2D eigenvalue weighted by molar-refractivity contribution is 0.358. The molecule has 1 atom stereocenters. The SMILES string of the molecule is CN=CC(C(=N)COc1ccccn1)c1cnc2ccc(Nc3cc(C(C)C)cnn3)nc2c1. The maximum atomic E-state index is 8.57. The predicted octanol–water partition coefficient (Wildman–Crippen LogP) is 4.56. The Morgan fingerprint density at radius 1 is 1.06 bits per heavy atom. The third kappa shape index (κ3) is 5.55.